The number of amides is 1. The minimum Gasteiger partial charge on any atom is -0.342 e. The third-order valence-corrected chi connectivity index (χ3v) is 3.17. The zero-order valence-corrected chi connectivity index (χ0v) is 9.65. The first-order valence-corrected chi connectivity index (χ1v) is 5.75. The van der Waals surface area contributed by atoms with E-state index in [1.54, 1.807) is 0 Å². The van der Waals surface area contributed by atoms with Crippen LogP contribution in [0.4, 0.5) is 0 Å². The van der Waals surface area contributed by atoms with Crippen molar-refractivity contribution in [1.29, 1.82) is 0 Å². The lowest BCUT2D eigenvalue weighted by molar-refractivity contribution is -0.129. The van der Waals surface area contributed by atoms with Gasteiger partial charge in [-0.15, -0.1) is 0 Å². The van der Waals surface area contributed by atoms with Crippen molar-refractivity contribution in [3.63, 3.8) is 0 Å². The second-order valence-electron chi connectivity index (χ2n) is 4.39. The van der Waals surface area contributed by atoms with Gasteiger partial charge >= 0.3 is 0 Å². The molecule has 1 aliphatic carbocycles. The number of rotatable bonds is 4. The summed E-state index contributed by atoms with van der Waals surface area (Å²) in [4.78, 5) is 13.8. The molecule has 0 bridgehead atoms. The molecule has 0 aliphatic heterocycles. The summed E-state index contributed by atoms with van der Waals surface area (Å²) in [6.07, 6.45) is 2.78. The molecule has 0 atom stereocenters. The normalized spacial score (nSPS) is 14.9. The van der Waals surface area contributed by atoms with Gasteiger partial charge in [-0.1, -0.05) is 24.3 Å². The van der Waals surface area contributed by atoms with Gasteiger partial charge in [-0.25, -0.2) is 0 Å². The summed E-state index contributed by atoms with van der Waals surface area (Å²) in [5.41, 5.74) is 7.78. The SMILES string of the molecule is CN(C(=O)Cc1ccccc1CN)C1CC1. The number of nitrogens with zero attached hydrogens (tertiary/aromatic N) is 1. The van der Waals surface area contributed by atoms with Crippen LogP contribution in [0.5, 0.6) is 0 Å². The van der Waals surface area contributed by atoms with E-state index >= 15 is 0 Å². The maximum Gasteiger partial charge on any atom is 0.226 e. The standard InChI is InChI=1S/C13H18N2O/c1-15(12-6-7-12)13(16)8-10-4-2-3-5-11(10)9-14/h2-5,12H,6-9,14H2,1H3. The number of hydrogen-bond donors (Lipinski definition) is 1. The average molecular weight is 218 g/mol. The monoisotopic (exact) mass is 218 g/mol. The lowest BCUT2D eigenvalue weighted by Crippen LogP contribution is -2.30. The number of benzene rings is 1. The Bertz CT molecular complexity index is 385. The summed E-state index contributed by atoms with van der Waals surface area (Å²) in [6, 6.07) is 8.37. The Hall–Kier alpha value is -1.35. The molecule has 0 aromatic heterocycles. The Morgan fingerprint density at radius 3 is 2.56 bits per heavy atom. The second kappa shape index (κ2) is 4.66. The molecule has 2 N–H and O–H groups in total. The van der Waals surface area contributed by atoms with Crippen molar-refractivity contribution >= 4 is 5.91 Å². The largest absolute Gasteiger partial charge is 0.342 e. The second-order valence-corrected chi connectivity index (χ2v) is 4.39. The first-order chi connectivity index (χ1) is 7.72. The van der Waals surface area contributed by atoms with E-state index in [-0.39, 0.29) is 5.91 Å². The molecule has 86 valence electrons. The minimum atomic E-state index is 0.198. The van der Waals surface area contributed by atoms with Gasteiger partial charge in [0.1, 0.15) is 0 Å². The fraction of sp³-hybridized carbons (Fsp3) is 0.462. The first-order valence-electron chi connectivity index (χ1n) is 5.75. The van der Waals surface area contributed by atoms with Crippen LogP contribution in [0.2, 0.25) is 0 Å². The van der Waals surface area contributed by atoms with Gasteiger partial charge in [0.15, 0.2) is 0 Å². The van der Waals surface area contributed by atoms with Crippen LogP contribution in [-0.2, 0) is 17.8 Å². The molecule has 16 heavy (non-hydrogen) atoms. The van der Waals surface area contributed by atoms with Crippen molar-refractivity contribution in [1.82, 2.24) is 4.90 Å². The topological polar surface area (TPSA) is 46.3 Å². The van der Waals surface area contributed by atoms with E-state index in [0.717, 1.165) is 24.0 Å². The molecule has 1 aromatic rings. The maximum absolute atomic E-state index is 11.9. The summed E-state index contributed by atoms with van der Waals surface area (Å²) in [5, 5.41) is 0. The summed E-state index contributed by atoms with van der Waals surface area (Å²) in [6.45, 7) is 0.497. The van der Waals surface area contributed by atoms with Crippen LogP contribution in [0.15, 0.2) is 24.3 Å². The predicted molar refractivity (Wildman–Crippen MR) is 63.8 cm³/mol. The van der Waals surface area contributed by atoms with Gasteiger partial charge in [-0.2, -0.15) is 0 Å². The first kappa shape index (κ1) is 11.1. The van der Waals surface area contributed by atoms with Crippen LogP contribution in [0.1, 0.15) is 24.0 Å². The fourth-order valence-corrected chi connectivity index (χ4v) is 1.88. The molecule has 1 amide bonds. The Morgan fingerprint density at radius 2 is 2.00 bits per heavy atom. The third-order valence-electron chi connectivity index (χ3n) is 3.17. The van der Waals surface area contributed by atoms with Crippen LogP contribution in [0.3, 0.4) is 0 Å². The van der Waals surface area contributed by atoms with E-state index in [1.165, 1.54) is 0 Å². The zero-order chi connectivity index (χ0) is 11.5. The smallest absolute Gasteiger partial charge is 0.226 e. The summed E-state index contributed by atoms with van der Waals surface area (Å²) in [7, 11) is 1.89. The average Bonchev–Trinajstić information content (AvgIpc) is 3.12. The van der Waals surface area contributed by atoms with Crippen molar-refractivity contribution in [2.75, 3.05) is 7.05 Å². The molecule has 0 unspecified atom stereocenters. The van der Waals surface area contributed by atoms with Gasteiger partial charge in [-0.05, 0) is 24.0 Å². The molecule has 1 aliphatic rings. The van der Waals surface area contributed by atoms with Crippen LogP contribution in [0, 0.1) is 0 Å². The van der Waals surface area contributed by atoms with Gasteiger partial charge in [0.05, 0.1) is 6.42 Å². The molecule has 2 rings (SSSR count). The zero-order valence-electron chi connectivity index (χ0n) is 9.65. The molecule has 1 fully saturated rings. The number of carbonyl (C=O) groups is 1. The lowest BCUT2D eigenvalue weighted by atomic mass is 10.0. The molecule has 0 spiro atoms. The van der Waals surface area contributed by atoms with Gasteiger partial charge in [-0.3, -0.25) is 4.79 Å². The highest BCUT2D eigenvalue weighted by atomic mass is 16.2. The van der Waals surface area contributed by atoms with E-state index in [0.29, 0.717) is 19.0 Å². The maximum atomic E-state index is 11.9. The molecular weight excluding hydrogens is 200 g/mol. The highest BCUT2D eigenvalue weighted by Crippen LogP contribution is 2.26. The minimum absolute atomic E-state index is 0.198. The number of carbonyl (C=O) groups excluding carboxylic acids is 1. The van der Waals surface area contributed by atoms with Crippen LogP contribution in [-0.4, -0.2) is 23.9 Å². The Balaban J connectivity index is 2.04. The number of likely N-dealkylation sites (N-methyl/N-ethyl adjacent to an activating group) is 1. The Labute approximate surface area is 96.2 Å². The summed E-state index contributed by atoms with van der Waals surface area (Å²) in [5.74, 6) is 0.198. The van der Waals surface area contributed by atoms with E-state index in [1.807, 2.05) is 36.2 Å². The Morgan fingerprint density at radius 1 is 1.38 bits per heavy atom. The van der Waals surface area contributed by atoms with E-state index < -0.39 is 0 Å². The fourth-order valence-electron chi connectivity index (χ4n) is 1.88. The van der Waals surface area contributed by atoms with Gasteiger partial charge in [0.2, 0.25) is 5.91 Å². The van der Waals surface area contributed by atoms with E-state index in [9.17, 15) is 4.79 Å². The molecular formula is C13H18N2O. The molecule has 1 saturated carbocycles. The molecule has 3 nitrogen and oxygen atoms in total. The summed E-state index contributed by atoms with van der Waals surface area (Å²) >= 11 is 0. The quantitative estimate of drug-likeness (QED) is 0.828. The van der Waals surface area contributed by atoms with E-state index in [2.05, 4.69) is 0 Å². The number of nitrogens with two attached hydrogens (primary N) is 1. The molecule has 3 heteroatoms. The summed E-state index contributed by atoms with van der Waals surface area (Å²) < 4.78 is 0. The highest BCUT2D eigenvalue weighted by molar-refractivity contribution is 5.79. The molecule has 0 saturated heterocycles. The van der Waals surface area contributed by atoms with Gasteiger partial charge in [0, 0.05) is 19.6 Å². The van der Waals surface area contributed by atoms with Gasteiger partial charge in [0.25, 0.3) is 0 Å². The van der Waals surface area contributed by atoms with Crippen LogP contribution in [0.25, 0.3) is 0 Å². The molecule has 0 heterocycles. The molecule has 0 radical (unpaired) electrons. The van der Waals surface area contributed by atoms with E-state index in [4.69, 9.17) is 5.73 Å². The third kappa shape index (κ3) is 2.42. The highest BCUT2D eigenvalue weighted by Gasteiger charge is 2.29. The van der Waals surface area contributed by atoms with Crippen molar-refractivity contribution in [2.45, 2.75) is 31.8 Å². The van der Waals surface area contributed by atoms with Crippen LogP contribution >= 0.6 is 0 Å². The van der Waals surface area contributed by atoms with Gasteiger partial charge < -0.3 is 10.6 Å². The van der Waals surface area contributed by atoms with Crippen molar-refractivity contribution in [3.05, 3.63) is 35.4 Å². The van der Waals surface area contributed by atoms with Crippen molar-refractivity contribution in [2.24, 2.45) is 5.73 Å². The Kier molecular flexibility index (Phi) is 3.25. The van der Waals surface area contributed by atoms with Crippen molar-refractivity contribution in [3.8, 4) is 0 Å². The lowest BCUT2D eigenvalue weighted by Gasteiger charge is -2.17. The number of hydrogen-bond acceptors (Lipinski definition) is 2. The molecule has 1 aromatic carbocycles. The predicted octanol–water partition coefficient (Wildman–Crippen LogP) is 1.31. The van der Waals surface area contributed by atoms with Crippen LogP contribution < -0.4 is 5.73 Å². The van der Waals surface area contributed by atoms with Crippen molar-refractivity contribution < 1.29 is 4.79 Å².